The average molecular weight is 1060 g/mol. The molecule has 7 unspecified atom stereocenters. The van der Waals surface area contributed by atoms with E-state index in [2.05, 4.69) is 43.5 Å². The number of nitrogens with one attached hydrogen (secondary N) is 1. The molecule has 1 fully saturated rings. The molecule has 0 bridgehead atoms. The smallest absolute Gasteiger partial charge is 0.220 e. The minimum atomic E-state index is -1.57. The van der Waals surface area contributed by atoms with Crippen molar-refractivity contribution in [1.82, 2.24) is 5.32 Å². The van der Waals surface area contributed by atoms with Crippen molar-refractivity contribution in [3.63, 3.8) is 0 Å². The van der Waals surface area contributed by atoms with Gasteiger partial charge in [-0.05, 0) is 38.5 Å². The summed E-state index contributed by atoms with van der Waals surface area (Å²) in [6, 6.07) is -0.825. The van der Waals surface area contributed by atoms with Crippen molar-refractivity contribution >= 4 is 5.91 Å². The molecule has 75 heavy (non-hydrogen) atoms. The topological polar surface area (TPSA) is 149 Å². The maximum Gasteiger partial charge on any atom is 0.220 e. The molecule has 0 aromatic rings. The molecule has 1 aliphatic rings. The van der Waals surface area contributed by atoms with Crippen LogP contribution in [0.3, 0.4) is 0 Å². The molecule has 1 heterocycles. The summed E-state index contributed by atoms with van der Waals surface area (Å²) in [7, 11) is 0. The Morgan fingerprint density at radius 2 is 0.760 bits per heavy atom. The Kier molecular flexibility index (Phi) is 53.1. The van der Waals surface area contributed by atoms with Gasteiger partial charge in [0.25, 0.3) is 0 Å². The molecule has 0 radical (unpaired) electrons. The van der Waals surface area contributed by atoms with Crippen molar-refractivity contribution < 1.29 is 39.8 Å². The SMILES string of the molecule is CCCC/C=C/CC/C=C/CC/C=C/C(O)C(COC1OC(CO)C(O)C(O)C1O)NC(=O)CCCCCCCCCCCCCCCCCCCCCCCCCCCCCCCCCCCCCCCCCC. The first-order chi connectivity index (χ1) is 36.8. The lowest BCUT2D eigenvalue weighted by Crippen LogP contribution is -2.60. The van der Waals surface area contributed by atoms with Crippen molar-refractivity contribution in [2.75, 3.05) is 13.2 Å². The van der Waals surface area contributed by atoms with Gasteiger partial charge in [-0.1, -0.05) is 314 Å². The molecule has 442 valence electrons. The van der Waals surface area contributed by atoms with Crippen LogP contribution >= 0.6 is 0 Å². The van der Waals surface area contributed by atoms with Crippen molar-refractivity contribution in [2.24, 2.45) is 0 Å². The van der Waals surface area contributed by atoms with Crippen LogP contribution in [0.25, 0.3) is 0 Å². The number of hydrogen-bond acceptors (Lipinski definition) is 8. The van der Waals surface area contributed by atoms with Gasteiger partial charge in [-0.15, -0.1) is 0 Å². The second-order valence-corrected chi connectivity index (χ2v) is 22.9. The number of carbonyl (C=O) groups excluding carboxylic acids is 1. The number of hydrogen-bond donors (Lipinski definition) is 6. The zero-order chi connectivity index (χ0) is 54.3. The highest BCUT2D eigenvalue weighted by Crippen LogP contribution is 2.23. The van der Waals surface area contributed by atoms with Crippen LogP contribution in [0.4, 0.5) is 0 Å². The number of unbranched alkanes of at least 4 members (excludes halogenated alkanes) is 43. The summed E-state index contributed by atoms with van der Waals surface area (Å²) in [5.41, 5.74) is 0. The minimum Gasteiger partial charge on any atom is -0.394 e. The lowest BCUT2D eigenvalue weighted by Gasteiger charge is -2.40. The van der Waals surface area contributed by atoms with Crippen LogP contribution in [-0.2, 0) is 14.3 Å². The fourth-order valence-electron chi connectivity index (χ4n) is 10.5. The number of aliphatic hydroxyl groups excluding tert-OH is 5. The second kappa shape index (κ2) is 55.7. The van der Waals surface area contributed by atoms with Crippen molar-refractivity contribution in [1.29, 1.82) is 0 Å². The molecule has 1 saturated heterocycles. The van der Waals surface area contributed by atoms with E-state index in [1.54, 1.807) is 6.08 Å². The van der Waals surface area contributed by atoms with E-state index in [-0.39, 0.29) is 12.5 Å². The number of ether oxygens (including phenoxy) is 2. The Balaban J connectivity index is 2.00. The van der Waals surface area contributed by atoms with E-state index in [4.69, 9.17) is 9.47 Å². The van der Waals surface area contributed by atoms with E-state index >= 15 is 0 Å². The molecule has 9 nitrogen and oxygen atoms in total. The van der Waals surface area contributed by atoms with E-state index < -0.39 is 49.5 Å². The largest absolute Gasteiger partial charge is 0.394 e. The molecule has 1 amide bonds. The van der Waals surface area contributed by atoms with Gasteiger partial charge in [0, 0.05) is 6.42 Å². The monoisotopic (exact) mass is 1060 g/mol. The van der Waals surface area contributed by atoms with Gasteiger partial charge >= 0.3 is 0 Å². The van der Waals surface area contributed by atoms with Crippen LogP contribution in [-0.4, -0.2) is 87.5 Å². The lowest BCUT2D eigenvalue weighted by molar-refractivity contribution is -0.302. The second-order valence-electron chi connectivity index (χ2n) is 22.9. The summed E-state index contributed by atoms with van der Waals surface area (Å²) in [6.45, 7) is 3.73. The Bertz CT molecular complexity index is 1270. The summed E-state index contributed by atoms with van der Waals surface area (Å²) in [5.74, 6) is -0.187. The third-order valence-electron chi connectivity index (χ3n) is 15.7. The van der Waals surface area contributed by atoms with E-state index in [0.717, 1.165) is 51.4 Å². The van der Waals surface area contributed by atoms with Gasteiger partial charge in [0.2, 0.25) is 5.91 Å². The van der Waals surface area contributed by atoms with Gasteiger partial charge in [0.1, 0.15) is 24.4 Å². The van der Waals surface area contributed by atoms with Gasteiger partial charge in [0.05, 0.1) is 25.4 Å². The van der Waals surface area contributed by atoms with Crippen molar-refractivity contribution in [3.05, 3.63) is 36.5 Å². The van der Waals surface area contributed by atoms with Gasteiger partial charge in [-0.25, -0.2) is 0 Å². The van der Waals surface area contributed by atoms with Gasteiger partial charge in [0.15, 0.2) is 6.29 Å². The quantitative estimate of drug-likeness (QED) is 0.0261. The maximum atomic E-state index is 13.0. The van der Waals surface area contributed by atoms with Crippen molar-refractivity contribution in [3.8, 4) is 0 Å². The average Bonchev–Trinajstić information content (AvgIpc) is 3.41. The number of allylic oxidation sites excluding steroid dienone is 5. The highest BCUT2D eigenvalue weighted by Gasteiger charge is 2.44. The summed E-state index contributed by atoms with van der Waals surface area (Å²) in [5, 5.41) is 54.4. The summed E-state index contributed by atoms with van der Waals surface area (Å²) in [4.78, 5) is 13.0. The highest BCUT2D eigenvalue weighted by molar-refractivity contribution is 5.76. The first kappa shape index (κ1) is 71.4. The predicted octanol–water partition coefficient (Wildman–Crippen LogP) is 17.1. The molecular formula is C66H125NO8. The molecule has 7 atom stereocenters. The van der Waals surface area contributed by atoms with Crippen LogP contribution < -0.4 is 5.32 Å². The first-order valence-electron chi connectivity index (χ1n) is 32.7. The summed E-state index contributed by atoms with van der Waals surface area (Å²) in [6.07, 6.45) is 67.2. The zero-order valence-corrected chi connectivity index (χ0v) is 49.3. The van der Waals surface area contributed by atoms with E-state index in [1.165, 1.54) is 250 Å². The van der Waals surface area contributed by atoms with Crippen molar-refractivity contribution in [2.45, 2.75) is 365 Å². The number of amides is 1. The molecule has 1 rings (SSSR count). The molecule has 1 aliphatic heterocycles. The highest BCUT2D eigenvalue weighted by atomic mass is 16.7. The van der Waals surface area contributed by atoms with Crippen LogP contribution in [0.15, 0.2) is 36.5 Å². The molecule has 9 heteroatoms. The molecule has 0 aliphatic carbocycles. The molecule has 0 aromatic carbocycles. The van der Waals surface area contributed by atoms with E-state index in [9.17, 15) is 30.3 Å². The molecule has 0 aromatic heterocycles. The Hall–Kier alpha value is -1.59. The predicted molar refractivity (Wildman–Crippen MR) is 318 cm³/mol. The summed E-state index contributed by atoms with van der Waals surface area (Å²) < 4.78 is 11.2. The molecule has 0 spiro atoms. The van der Waals surface area contributed by atoms with Crippen LogP contribution in [0, 0.1) is 0 Å². The van der Waals surface area contributed by atoms with Crippen LogP contribution in [0.2, 0.25) is 0 Å². The molecule has 6 N–H and O–H groups in total. The Labute approximate surface area is 463 Å². The van der Waals surface area contributed by atoms with Gasteiger partial charge < -0.3 is 40.3 Å². The fourth-order valence-corrected chi connectivity index (χ4v) is 10.5. The van der Waals surface area contributed by atoms with Gasteiger partial charge in [-0.2, -0.15) is 0 Å². The lowest BCUT2D eigenvalue weighted by atomic mass is 9.99. The maximum absolute atomic E-state index is 13.0. The number of carbonyl (C=O) groups is 1. The van der Waals surface area contributed by atoms with Gasteiger partial charge in [-0.3, -0.25) is 4.79 Å². The molecular weight excluding hydrogens is 935 g/mol. The first-order valence-corrected chi connectivity index (χ1v) is 32.7. The zero-order valence-electron chi connectivity index (χ0n) is 49.3. The fraction of sp³-hybridized carbons (Fsp3) is 0.894. The van der Waals surface area contributed by atoms with Crippen LogP contribution in [0.5, 0.6) is 0 Å². The molecule has 0 saturated carbocycles. The third kappa shape index (κ3) is 44.9. The summed E-state index contributed by atoms with van der Waals surface area (Å²) >= 11 is 0. The number of aliphatic hydroxyl groups is 5. The van der Waals surface area contributed by atoms with E-state index in [1.807, 2.05) is 6.08 Å². The Morgan fingerprint density at radius 1 is 0.440 bits per heavy atom. The van der Waals surface area contributed by atoms with Crippen LogP contribution in [0.1, 0.15) is 322 Å². The Morgan fingerprint density at radius 3 is 1.11 bits per heavy atom. The standard InChI is InChI=1S/C66H125NO8/c1-3-5-7-9-11-13-15-17-18-19-20-21-22-23-24-25-26-27-28-29-30-31-32-33-34-35-36-37-38-39-40-41-42-43-44-46-48-50-52-54-56-62(70)67-59(58-74-66-65(73)64(72)63(71)61(57-68)75-66)60(69)55-53-51-49-47-45-16-14-12-10-8-6-4-2/h10,12,45,47,53,55,59-61,63-66,68-69,71-73H,3-9,11,13-44,46,48-52,54,56-58H2,1-2H3,(H,67,70)/b12-10+,47-45+,55-53+. The third-order valence-corrected chi connectivity index (χ3v) is 15.7. The number of rotatable bonds is 57. The minimum absolute atomic E-state index is 0.187. The van der Waals surface area contributed by atoms with E-state index in [0.29, 0.717) is 6.42 Å². The normalized spacial score (nSPS) is 19.1.